The van der Waals surface area contributed by atoms with E-state index in [1.807, 2.05) is 49.4 Å². The molecule has 0 radical (unpaired) electrons. The first kappa shape index (κ1) is 23.7. The van der Waals surface area contributed by atoms with Gasteiger partial charge < -0.3 is 15.4 Å². The van der Waals surface area contributed by atoms with Crippen molar-refractivity contribution in [2.45, 2.75) is 13.3 Å². The number of nitrogens with zero attached hydrogens (tertiary/aromatic N) is 7. The highest BCUT2D eigenvalue weighted by Crippen LogP contribution is 2.37. The Morgan fingerprint density at radius 2 is 1.86 bits per heavy atom. The Labute approximate surface area is 213 Å². The average Bonchev–Trinajstić information content (AvgIpc) is 3.58. The predicted molar refractivity (Wildman–Crippen MR) is 140 cm³/mol. The van der Waals surface area contributed by atoms with Crippen LogP contribution in [0, 0.1) is 0 Å². The summed E-state index contributed by atoms with van der Waals surface area (Å²) < 4.78 is 9.02. The van der Waals surface area contributed by atoms with E-state index in [1.165, 1.54) is 0 Å². The standard InChI is InChI=1S/C26H25N9O2/c1-4-21(36)18-15-28-23(31-22-11-13-35(32-22)24-10-5-6-12-27-24)14-20(18)30-19-9-7-8-17(25(19)37-3)26-29-16-34(2)33-26/h5-16H,4H2,1-3H3,(H2,28,30,31,32). The zero-order valence-corrected chi connectivity index (χ0v) is 20.6. The molecule has 0 spiro atoms. The van der Waals surface area contributed by atoms with Gasteiger partial charge in [-0.15, -0.1) is 5.10 Å². The van der Waals surface area contributed by atoms with Gasteiger partial charge in [0.05, 0.1) is 29.6 Å². The molecule has 2 N–H and O–H groups in total. The zero-order chi connectivity index (χ0) is 25.8. The summed E-state index contributed by atoms with van der Waals surface area (Å²) in [5.41, 5.74) is 2.44. The molecule has 0 aliphatic rings. The van der Waals surface area contributed by atoms with E-state index in [9.17, 15) is 4.79 Å². The number of aromatic nitrogens is 7. The molecule has 0 fully saturated rings. The predicted octanol–water partition coefficient (Wildman–Crippen LogP) is 4.55. The van der Waals surface area contributed by atoms with Crippen molar-refractivity contribution in [1.29, 1.82) is 0 Å². The van der Waals surface area contributed by atoms with Crippen LogP contribution in [0.3, 0.4) is 0 Å². The molecule has 37 heavy (non-hydrogen) atoms. The van der Waals surface area contributed by atoms with Crippen LogP contribution in [0.1, 0.15) is 23.7 Å². The molecule has 186 valence electrons. The summed E-state index contributed by atoms with van der Waals surface area (Å²) >= 11 is 0. The number of ketones is 1. The SMILES string of the molecule is CCC(=O)c1cnc(Nc2ccn(-c3ccccn3)n2)cc1Nc1cccc(-c2ncn(C)n2)c1OC. The van der Waals surface area contributed by atoms with Gasteiger partial charge in [-0.3, -0.25) is 9.48 Å². The Hall–Kier alpha value is -5.06. The molecule has 0 aliphatic heterocycles. The first-order valence-corrected chi connectivity index (χ1v) is 11.6. The Morgan fingerprint density at radius 3 is 2.59 bits per heavy atom. The van der Waals surface area contributed by atoms with Crippen LogP contribution in [0.25, 0.3) is 17.2 Å². The molecule has 0 saturated heterocycles. The Balaban J connectivity index is 1.47. The highest BCUT2D eigenvalue weighted by Gasteiger charge is 2.18. The average molecular weight is 496 g/mol. The molecule has 1 aromatic carbocycles. The largest absolute Gasteiger partial charge is 0.494 e. The van der Waals surface area contributed by atoms with E-state index in [0.29, 0.717) is 52.4 Å². The number of nitrogens with one attached hydrogen (secondary N) is 2. The second-order valence-electron chi connectivity index (χ2n) is 8.10. The number of hydrogen-bond acceptors (Lipinski definition) is 9. The van der Waals surface area contributed by atoms with E-state index in [4.69, 9.17) is 4.74 Å². The van der Waals surface area contributed by atoms with Crippen molar-refractivity contribution in [3.8, 4) is 23.0 Å². The number of carbonyl (C=O) groups is 1. The van der Waals surface area contributed by atoms with Crippen LogP contribution in [0.2, 0.25) is 0 Å². The fourth-order valence-corrected chi connectivity index (χ4v) is 3.82. The third-order valence-corrected chi connectivity index (χ3v) is 5.58. The van der Waals surface area contributed by atoms with Crippen LogP contribution in [-0.4, -0.2) is 47.4 Å². The number of rotatable bonds is 9. The van der Waals surface area contributed by atoms with Crippen LogP contribution in [0.4, 0.5) is 23.0 Å². The van der Waals surface area contributed by atoms with E-state index >= 15 is 0 Å². The van der Waals surface area contributed by atoms with E-state index in [0.717, 1.165) is 5.56 Å². The highest BCUT2D eigenvalue weighted by atomic mass is 16.5. The highest BCUT2D eigenvalue weighted by molar-refractivity contribution is 6.02. The Kier molecular flexibility index (Phi) is 6.58. The maximum Gasteiger partial charge on any atom is 0.184 e. The molecule has 0 amide bonds. The number of ether oxygens (including phenoxy) is 1. The summed E-state index contributed by atoms with van der Waals surface area (Å²) in [6, 6.07) is 14.8. The van der Waals surface area contributed by atoms with Gasteiger partial charge in [-0.05, 0) is 24.3 Å². The minimum atomic E-state index is -0.0394. The number of methoxy groups -OCH3 is 1. The third-order valence-electron chi connectivity index (χ3n) is 5.58. The molecular formula is C26H25N9O2. The Bertz CT molecular complexity index is 1540. The van der Waals surface area contributed by atoms with Gasteiger partial charge in [0.25, 0.3) is 0 Å². The lowest BCUT2D eigenvalue weighted by Crippen LogP contribution is -2.07. The number of pyridine rings is 2. The third kappa shape index (κ3) is 5.01. The number of carbonyl (C=O) groups excluding carboxylic acids is 1. The normalized spacial score (nSPS) is 10.8. The summed E-state index contributed by atoms with van der Waals surface area (Å²) in [5.74, 6) is 2.85. The quantitative estimate of drug-likeness (QED) is 0.283. The number of hydrogen-bond donors (Lipinski definition) is 2. The van der Waals surface area contributed by atoms with Crippen LogP contribution < -0.4 is 15.4 Å². The molecular weight excluding hydrogens is 470 g/mol. The maximum atomic E-state index is 12.7. The van der Waals surface area contributed by atoms with Gasteiger partial charge in [-0.2, -0.15) is 5.10 Å². The number of anilines is 4. The topological polar surface area (TPSA) is 125 Å². The molecule has 4 heterocycles. The second-order valence-corrected chi connectivity index (χ2v) is 8.10. The van der Waals surface area contributed by atoms with Gasteiger partial charge in [0, 0.05) is 44.2 Å². The molecule has 11 nitrogen and oxygen atoms in total. The van der Waals surface area contributed by atoms with Gasteiger partial charge in [0.15, 0.2) is 29.0 Å². The Morgan fingerprint density at radius 1 is 0.973 bits per heavy atom. The maximum absolute atomic E-state index is 12.7. The van der Waals surface area contributed by atoms with Crippen LogP contribution in [0.5, 0.6) is 5.75 Å². The molecule has 11 heteroatoms. The lowest BCUT2D eigenvalue weighted by Gasteiger charge is -2.16. The summed E-state index contributed by atoms with van der Waals surface area (Å²) in [7, 11) is 3.39. The van der Waals surface area contributed by atoms with Crippen molar-refractivity contribution in [3.63, 3.8) is 0 Å². The minimum Gasteiger partial charge on any atom is -0.494 e. The van der Waals surface area contributed by atoms with E-state index < -0.39 is 0 Å². The number of Topliss-reactive ketones (excluding diaryl/α,β-unsaturated/α-hetero) is 1. The van der Waals surface area contributed by atoms with E-state index in [-0.39, 0.29) is 5.78 Å². The number of aryl methyl sites for hydroxylation is 1. The van der Waals surface area contributed by atoms with Crippen LogP contribution in [-0.2, 0) is 7.05 Å². The lowest BCUT2D eigenvalue weighted by atomic mass is 10.1. The molecule has 0 atom stereocenters. The molecule has 0 saturated carbocycles. The molecule has 0 bridgehead atoms. The number of para-hydroxylation sites is 1. The smallest absolute Gasteiger partial charge is 0.184 e. The van der Waals surface area contributed by atoms with Gasteiger partial charge in [0.2, 0.25) is 0 Å². The van der Waals surface area contributed by atoms with Crippen molar-refractivity contribution in [1.82, 2.24) is 34.5 Å². The molecule has 4 aromatic heterocycles. The molecule has 5 rings (SSSR count). The first-order valence-electron chi connectivity index (χ1n) is 11.6. The minimum absolute atomic E-state index is 0.0394. The van der Waals surface area contributed by atoms with Crippen molar-refractivity contribution in [2.75, 3.05) is 17.7 Å². The van der Waals surface area contributed by atoms with Crippen molar-refractivity contribution >= 4 is 28.8 Å². The van der Waals surface area contributed by atoms with Crippen LogP contribution >= 0.6 is 0 Å². The van der Waals surface area contributed by atoms with E-state index in [1.54, 1.807) is 54.5 Å². The zero-order valence-electron chi connectivity index (χ0n) is 20.6. The van der Waals surface area contributed by atoms with Gasteiger partial charge >= 0.3 is 0 Å². The molecule has 5 aromatic rings. The summed E-state index contributed by atoms with van der Waals surface area (Å²) in [6.07, 6.45) is 7.04. The first-order chi connectivity index (χ1) is 18.1. The summed E-state index contributed by atoms with van der Waals surface area (Å²) in [6.45, 7) is 1.82. The van der Waals surface area contributed by atoms with Gasteiger partial charge in [-0.1, -0.05) is 19.1 Å². The summed E-state index contributed by atoms with van der Waals surface area (Å²) in [4.78, 5) is 25.8. The van der Waals surface area contributed by atoms with Crippen LogP contribution in [0.15, 0.2) is 73.4 Å². The number of benzene rings is 1. The van der Waals surface area contributed by atoms with Gasteiger partial charge in [0.1, 0.15) is 12.1 Å². The van der Waals surface area contributed by atoms with Crippen molar-refractivity contribution in [3.05, 3.63) is 79.0 Å². The molecule has 0 aliphatic carbocycles. The van der Waals surface area contributed by atoms with Gasteiger partial charge in [-0.25, -0.2) is 19.6 Å². The van der Waals surface area contributed by atoms with Crippen molar-refractivity contribution < 1.29 is 9.53 Å². The summed E-state index contributed by atoms with van der Waals surface area (Å²) in [5, 5.41) is 15.5. The fraction of sp³-hybridized carbons (Fsp3) is 0.154. The lowest BCUT2D eigenvalue weighted by molar-refractivity contribution is 0.0988. The monoisotopic (exact) mass is 495 g/mol. The van der Waals surface area contributed by atoms with Crippen molar-refractivity contribution in [2.24, 2.45) is 7.05 Å². The van der Waals surface area contributed by atoms with E-state index in [2.05, 4.69) is 35.8 Å². The molecule has 0 unspecified atom stereocenters. The fourth-order valence-electron chi connectivity index (χ4n) is 3.82. The second kappa shape index (κ2) is 10.3.